The zero-order valence-corrected chi connectivity index (χ0v) is 14.7. The third kappa shape index (κ3) is 4.49. The molecule has 3 nitrogen and oxygen atoms in total. The monoisotopic (exact) mass is 357 g/mol. The van der Waals surface area contributed by atoms with E-state index in [1.54, 1.807) is 0 Å². The quantitative estimate of drug-likeness (QED) is 0.892. The smallest absolute Gasteiger partial charge is 0.137 e. The molecule has 0 aromatic heterocycles. The van der Waals surface area contributed by atoms with Gasteiger partial charge in [-0.25, -0.2) is 4.39 Å². The highest BCUT2D eigenvalue weighted by atomic mass is 79.9. The van der Waals surface area contributed by atoms with Gasteiger partial charge in [-0.3, -0.25) is 0 Å². The van der Waals surface area contributed by atoms with Gasteiger partial charge in [0.25, 0.3) is 0 Å². The molecule has 2 unspecified atom stereocenters. The van der Waals surface area contributed by atoms with Gasteiger partial charge < -0.3 is 15.1 Å². The van der Waals surface area contributed by atoms with Crippen molar-refractivity contribution < 1.29 is 4.39 Å². The lowest BCUT2D eigenvalue weighted by molar-refractivity contribution is 0.181. The van der Waals surface area contributed by atoms with E-state index >= 15 is 0 Å². The fourth-order valence-electron chi connectivity index (χ4n) is 3.09. The van der Waals surface area contributed by atoms with Crippen LogP contribution in [0.15, 0.2) is 22.7 Å². The van der Waals surface area contributed by atoms with E-state index < -0.39 is 0 Å². The number of nitrogens with one attached hydrogen (secondary N) is 1. The van der Waals surface area contributed by atoms with E-state index in [9.17, 15) is 4.39 Å². The molecule has 2 atom stereocenters. The Labute approximate surface area is 135 Å². The van der Waals surface area contributed by atoms with E-state index in [0.717, 1.165) is 31.6 Å². The molecule has 1 aromatic carbocycles. The fourth-order valence-corrected chi connectivity index (χ4v) is 3.52. The first-order valence-corrected chi connectivity index (χ1v) is 8.30. The van der Waals surface area contributed by atoms with Crippen LogP contribution >= 0.6 is 15.9 Å². The Morgan fingerprint density at radius 3 is 2.81 bits per heavy atom. The van der Waals surface area contributed by atoms with E-state index in [-0.39, 0.29) is 5.82 Å². The summed E-state index contributed by atoms with van der Waals surface area (Å²) in [6, 6.07) is 6.12. The summed E-state index contributed by atoms with van der Waals surface area (Å²) in [7, 11) is 6.41. The molecule has 0 saturated carbocycles. The van der Waals surface area contributed by atoms with Crippen LogP contribution in [0.4, 0.5) is 4.39 Å². The van der Waals surface area contributed by atoms with Gasteiger partial charge in [0.15, 0.2) is 0 Å². The first-order valence-electron chi connectivity index (χ1n) is 7.51. The van der Waals surface area contributed by atoms with Crippen molar-refractivity contribution in [1.82, 2.24) is 15.1 Å². The molecule has 1 aliphatic heterocycles. The Morgan fingerprint density at radius 1 is 1.38 bits per heavy atom. The minimum absolute atomic E-state index is 0.203. The van der Waals surface area contributed by atoms with E-state index in [2.05, 4.69) is 45.1 Å². The average molecular weight is 358 g/mol. The summed E-state index contributed by atoms with van der Waals surface area (Å²) in [6.07, 6.45) is 2.11. The Morgan fingerprint density at radius 2 is 2.14 bits per heavy atom. The molecular weight excluding hydrogens is 333 g/mol. The van der Waals surface area contributed by atoms with E-state index in [1.807, 2.05) is 19.2 Å². The van der Waals surface area contributed by atoms with Crippen molar-refractivity contribution in [3.63, 3.8) is 0 Å². The van der Waals surface area contributed by atoms with Gasteiger partial charge >= 0.3 is 0 Å². The number of benzene rings is 1. The Bertz CT molecular complexity index is 469. The van der Waals surface area contributed by atoms with Crippen LogP contribution < -0.4 is 5.32 Å². The zero-order valence-electron chi connectivity index (χ0n) is 13.1. The average Bonchev–Trinajstić information content (AvgIpc) is 2.61. The summed E-state index contributed by atoms with van der Waals surface area (Å²) in [6.45, 7) is 3.34. The maximum absolute atomic E-state index is 13.4. The van der Waals surface area contributed by atoms with Gasteiger partial charge in [0, 0.05) is 18.6 Å². The summed E-state index contributed by atoms with van der Waals surface area (Å²) >= 11 is 3.27. The third-order valence-electron chi connectivity index (χ3n) is 4.39. The highest BCUT2D eigenvalue weighted by Gasteiger charge is 2.27. The van der Waals surface area contributed by atoms with Gasteiger partial charge in [0.2, 0.25) is 0 Å². The molecule has 0 radical (unpaired) electrons. The molecule has 5 heteroatoms. The predicted octanol–water partition coefficient (Wildman–Crippen LogP) is 2.35. The molecule has 0 amide bonds. The largest absolute Gasteiger partial charge is 0.315 e. The molecular formula is C16H25BrFN3. The van der Waals surface area contributed by atoms with Crippen molar-refractivity contribution in [3.8, 4) is 0 Å². The number of likely N-dealkylation sites (N-methyl/N-ethyl adjacent to an activating group) is 3. The molecule has 1 heterocycles. The molecule has 0 spiro atoms. The number of halogens is 2. The molecule has 1 N–H and O–H groups in total. The van der Waals surface area contributed by atoms with Crippen molar-refractivity contribution in [2.75, 3.05) is 40.8 Å². The lowest BCUT2D eigenvalue weighted by atomic mass is 9.98. The van der Waals surface area contributed by atoms with Gasteiger partial charge in [0.1, 0.15) is 5.82 Å². The first kappa shape index (κ1) is 16.9. The number of hydrogen-bond donors (Lipinski definition) is 1. The molecule has 1 fully saturated rings. The highest BCUT2D eigenvalue weighted by Crippen LogP contribution is 2.20. The van der Waals surface area contributed by atoms with Crippen molar-refractivity contribution in [2.45, 2.75) is 24.9 Å². The van der Waals surface area contributed by atoms with Crippen molar-refractivity contribution in [1.29, 1.82) is 0 Å². The van der Waals surface area contributed by atoms with Crippen molar-refractivity contribution in [2.24, 2.45) is 0 Å². The maximum atomic E-state index is 13.4. The molecule has 118 valence electrons. The minimum atomic E-state index is -0.203. The second kappa shape index (κ2) is 7.68. The molecule has 21 heavy (non-hydrogen) atoms. The molecule has 0 bridgehead atoms. The van der Waals surface area contributed by atoms with Gasteiger partial charge in [-0.1, -0.05) is 6.07 Å². The summed E-state index contributed by atoms with van der Waals surface area (Å²) in [5, 5.41) is 3.46. The van der Waals surface area contributed by atoms with Gasteiger partial charge in [-0.2, -0.15) is 0 Å². The van der Waals surface area contributed by atoms with Crippen LogP contribution in [0.1, 0.15) is 12.0 Å². The van der Waals surface area contributed by atoms with Gasteiger partial charge in [0.05, 0.1) is 4.47 Å². The Balaban J connectivity index is 2.11. The third-order valence-corrected chi connectivity index (χ3v) is 5.00. The summed E-state index contributed by atoms with van der Waals surface area (Å²) in [4.78, 5) is 4.85. The van der Waals surface area contributed by atoms with Crippen LogP contribution in [0.5, 0.6) is 0 Å². The highest BCUT2D eigenvalue weighted by molar-refractivity contribution is 9.10. The van der Waals surface area contributed by atoms with E-state index in [4.69, 9.17) is 0 Å². The fraction of sp³-hybridized carbons (Fsp3) is 0.625. The van der Waals surface area contributed by atoms with Crippen LogP contribution in [-0.2, 0) is 6.42 Å². The van der Waals surface area contributed by atoms with Crippen LogP contribution in [0.2, 0.25) is 0 Å². The zero-order chi connectivity index (χ0) is 15.4. The number of hydrogen-bond acceptors (Lipinski definition) is 3. The number of rotatable bonds is 4. The van der Waals surface area contributed by atoms with E-state index in [0.29, 0.717) is 16.6 Å². The molecule has 1 aromatic rings. The predicted molar refractivity (Wildman–Crippen MR) is 89.2 cm³/mol. The molecule has 2 rings (SSSR count). The van der Waals surface area contributed by atoms with Crippen molar-refractivity contribution >= 4 is 15.9 Å². The van der Waals surface area contributed by atoms with Crippen molar-refractivity contribution in [3.05, 3.63) is 34.1 Å². The van der Waals surface area contributed by atoms with Gasteiger partial charge in [-0.15, -0.1) is 0 Å². The molecule has 0 aliphatic carbocycles. The van der Waals surface area contributed by atoms with Gasteiger partial charge in [-0.05, 0) is 80.7 Å². The summed E-state index contributed by atoms with van der Waals surface area (Å²) < 4.78 is 13.9. The Kier molecular flexibility index (Phi) is 6.17. The maximum Gasteiger partial charge on any atom is 0.137 e. The van der Waals surface area contributed by atoms with Crippen LogP contribution in [-0.4, -0.2) is 62.7 Å². The van der Waals surface area contributed by atoms with Crippen LogP contribution in [0.3, 0.4) is 0 Å². The second-order valence-electron chi connectivity index (χ2n) is 6.01. The lowest BCUT2D eigenvalue weighted by Crippen LogP contribution is -2.52. The minimum Gasteiger partial charge on any atom is -0.315 e. The normalized spacial score (nSPS) is 23.0. The standard InChI is InChI=1S/C16H25BrFN3/c1-19-15(10-12-5-6-14(18)13(17)9-12)16-11-20(2)7-4-8-21(16)3/h5-6,9,15-16,19H,4,7-8,10-11H2,1-3H3. The van der Waals surface area contributed by atoms with Crippen LogP contribution in [0.25, 0.3) is 0 Å². The molecule has 1 aliphatic rings. The first-order chi connectivity index (χ1) is 10.0. The molecule has 1 saturated heterocycles. The lowest BCUT2D eigenvalue weighted by Gasteiger charge is -2.34. The SMILES string of the molecule is CNC(Cc1ccc(F)c(Br)c1)C1CN(C)CCCN1C. The summed E-state index contributed by atoms with van der Waals surface area (Å²) in [5.41, 5.74) is 1.16. The number of nitrogens with zero attached hydrogens (tertiary/aromatic N) is 2. The van der Waals surface area contributed by atoms with Crippen LogP contribution in [0, 0.1) is 5.82 Å². The Hall–Kier alpha value is -0.490. The summed E-state index contributed by atoms with van der Waals surface area (Å²) in [5.74, 6) is -0.203. The topological polar surface area (TPSA) is 18.5 Å². The van der Waals surface area contributed by atoms with E-state index in [1.165, 1.54) is 12.5 Å². The second-order valence-corrected chi connectivity index (χ2v) is 6.87.